The number of hydrogen-bond acceptors (Lipinski definition) is 8. The van der Waals surface area contributed by atoms with Gasteiger partial charge in [-0.2, -0.15) is 0 Å². The fraction of sp³-hybridized carbons (Fsp3) is 0.286. The monoisotopic (exact) mass is 395 g/mol. The fourth-order valence-electron chi connectivity index (χ4n) is 3.49. The third-order valence-electron chi connectivity index (χ3n) is 4.89. The summed E-state index contributed by atoms with van der Waals surface area (Å²) in [6, 6.07) is 5.65. The van der Waals surface area contributed by atoms with Crippen molar-refractivity contribution in [2.75, 3.05) is 35.5 Å². The number of nitrogens with zero attached hydrogens (tertiary/aromatic N) is 3. The molecule has 0 unspecified atom stereocenters. The van der Waals surface area contributed by atoms with Crippen molar-refractivity contribution in [3.05, 3.63) is 23.9 Å². The summed E-state index contributed by atoms with van der Waals surface area (Å²) in [6.45, 7) is 1.89. The van der Waals surface area contributed by atoms with Crippen molar-refractivity contribution in [3.63, 3.8) is 0 Å². The van der Waals surface area contributed by atoms with Gasteiger partial charge in [-0.1, -0.05) is 0 Å². The van der Waals surface area contributed by atoms with Gasteiger partial charge in [-0.15, -0.1) is 0 Å². The lowest BCUT2D eigenvalue weighted by Crippen LogP contribution is -2.00. The third kappa shape index (κ3) is 2.79. The molecule has 4 aromatic rings. The molecule has 0 N–H and O–H groups in total. The highest BCUT2D eigenvalue weighted by Crippen LogP contribution is 2.41. The molecule has 0 fully saturated rings. The van der Waals surface area contributed by atoms with E-state index in [9.17, 15) is 0 Å². The van der Waals surface area contributed by atoms with E-state index in [-0.39, 0.29) is 0 Å². The summed E-state index contributed by atoms with van der Waals surface area (Å²) in [5.74, 6) is 2.44. The molecule has 0 saturated heterocycles. The van der Waals surface area contributed by atoms with Gasteiger partial charge in [0.25, 0.3) is 11.8 Å². The summed E-state index contributed by atoms with van der Waals surface area (Å²) in [5, 5.41) is 2.40. The highest BCUT2D eigenvalue weighted by Gasteiger charge is 2.20. The lowest BCUT2D eigenvalue weighted by atomic mass is 10.0. The van der Waals surface area contributed by atoms with Crippen LogP contribution in [0.1, 0.15) is 5.69 Å². The number of hydrogen-bond donors (Lipinski definition) is 0. The maximum atomic E-state index is 5.49. The Morgan fingerprint density at radius 1 is 0.517 bits per heavy atom. The summed E-state index contributed by atoms with van der Waals surface area (Å²) in [6.07, 6.45) is 0. The molecule has 0 saturated carbocycles. The van der Waals surface area contributed by atoms with E-state index in [1.54, 1.807) is 35.5 Å². The zero-order valence-electron chi connectivity index (χ0n) is 17.1. The molecule has 1 aromatic carbocycles. The second-order valence-electron chi connectivity index (χ2n) is 6.36. The molecule has 0 amide bonds. The van der Waals surface area contributed by atoms with E-state index in [1.807, 2.05) is 25.1 Å². The van der Waals surface area contributed by atoms with E-state index in [0.717, 1.165) is 27.4 Å². The van der Waals surface area contributed by atoms with Gasteiger partial charge in [-0.25, -0.2) is 15.0 Å². The van der Waals surface area contributed by atoms with Gasteiger partial charge in [0.2, 0.25) is 0 Å². The molecule has 29 heavy (non-hydrogen) atoms. The molecular weight excluding hydrogens is 374 g/mol. The Bertz CT molecular complexity index is 1220. The summed E-state index contributed by atoms with van der Waals surface area (Å²) in [5.41, 5.74) is 2.85. The molecule has 0 radical (unpaired) electrons. The average molecular weight is 395 g/mol. The lowest BCUT2D eigenvalue weighted by Gasteiger charge is -2.15. The molecule has 3 heterocycles. The Kier molecular flexibility index (Phi) is 4.62. The van der Waals surface area contributed by atoms with E-state index < -0.39 is 0 Å². The van der Waals surface area contributed by atoms with Crippen LogP contribution in [0, 0.1) is 6.92 Å². The van der Waals surface area contributed by atoms with Gasteiger partial charge in [0.1, 0.15) is 5.75 Å². The molecule has 3 aromatic heterocycles. The zero-order valence-corrected chi connectivity index (χ0v) is 17.1. The SMILES string of the molecule is COc1cc2c(nc1C)c1cc(OC)c(OC)nc1c1cc(OC)c(OC)nc21. The van der Waals surface area contributed by atoms with Crippen LogP contribution in [0.4, 0.5) is 0 Å². The van der Waals surface area contributed by atoms with Crippen LogP contribution in [0.15, 0.2) is 18.2 Å². The Hall–Kier alpha value is -3.55. The van der Waals surface area contributed by atoms with Gasteiger partial charge in [0.15, 0.2) is 11.5 Å². The fourth-order valence-corrected chi connectivity index (χ4v) is 3.49. The molecule has 0 atom stereocenters. The van der Waals surface area contributed by atoms with Gasteiger partial charge < -0.3 is 23.7 Å². The first-order valence-electron chi connectivity index (χ1n) is 8.89. The summed E-state index contributed by atoms with van der Waals surface area (Å²) < 4.78 is 27.2. The first-order valence-corrected chi connectivity index (χ1v) is 8.89. The van der Waals surface area contributed by atoms with Gasteiger partial charge in [-0.3, -0.25) is 0 Å². The van der Waals surface area contributed by atoms with Crippen LogP contribution in [0.2, 0.25) is 0 Å². The largest absolute Gasteiger partial charge is 0.495 e. The molecule has 0 aliphatic carbocycles. The Morgan fingerprint density at radius 2 is 0.897 bits per heavy atom. The van der Waals surface area contributed by atoms with Gasteiger partial charge in [-0.05, 0) is 25.1 Å². The van der Waals surface area contributed by atoms with Crippen LogP contribution in [-0.4, -0.2) is 50.5 Å². The minimum absolute atomic E-state index is 0.376. The van der Waals surface area contributed by atoms with Crippen LogP contribution in [0.3, 0.4) is 0 Å². The van der Waals surface area contributed by atoms with E-state index in [0.29, 0.717) is 40.0 Å². The van der Waals surface area contributed by atoms with Gasteiger partial charge >= 0.3 is 0 Å². The highest BCUT2D eigenvalue weighted by molar-refractivity contribution is 6.22. The third-order valence-corrected chi connectivity index (χ3v) is 4.89. The number of benzene rings is 1. The van der Waals surface area contributed by atoms with Crippen molar-refractivity contribution < 1.29 is 23.7 Å². The lowest BCUT2D eigenvalue weighted by molar-refractivity contribution is 0.344. The standard InChI is InChI=1S/C21H21N3O5/c1-10-14(25-2)7-11-17(22-10)12-8-15(26-3)20(28-5)24-19(12)13-9-16(27-4)21(29-6)23-18(11)13/h7-9H,1-6H3. The van der Waals surface area contributed by atoms with E-state index >= 15 is 0 Å². The number of aryl methyl sites for hydroxylation is 1. The molecule has 0 bridgehead atoms. The van der Waals surface area contributed by atoms with Crippen molar-refractivity contribution in [1.29, 1.82) is 0 Å². The number of rotatable bonds is 5. The van der Waals surface area contributed by atoms with Crippen LogP contribution >= 0.6 is 0 Å². The molecule has 4 rings (SSSR count). The number of pyridine rings is 3. The summed E-state index contributed by atoms with van der Waals surface area (Å²) in [7, 11) is 7.86. The summed E-state index contributed by atoms with van der Waals surface area (Å²) in [4.78, 5) is 14.2. The Labute approximate surface area is 167 Å². The number of aromatic nitrogens is 3. The minimum atomic E-state index is 0.376. The van der Waals surface area contributed by atoms with Crippen molar-refractivity contribution >= 4 is 32.7 Å². The molecule has 0 aliphatic heterocycles. The zero-order chi connectivity index (χ0) is 20.7. The molecule has 8 nitrogen and oxygen atoms in total. The van der Waals surface area contributed by atoms with Crippen molar-refractivity contribution in [3.8, 4) is 29.0 Å². The quantitative estimate of drug-likeness (QED) is 0.473. The van der Waals surface area contributed by atoms with Crippen molar-refractivity contribution in [2.45, 2.75) is 6.92 Å². The number of methoxy groups -OCH3 is 5. The second-order valence-corrected chi connectivity index (χ2v) is 6.36. The van der Waals surface area contributed by atoms with Crippen LogP contribution in [0.25, 0.3) is 32.7 Å². The van der Waals surface area contributed by atoms with E-state index in [1.165, 1.54) is 0 Å². The number of ether oxygens (including phenoxy) is 5. The average Bonchev–Trinajstić information content (AvgIpc) is 2.76. The topological polar surface area (TPSA) is 84.8 Å². The molecular formula is C21H21N3O5. The normalized spacial score (nSPS) is 11.1. The molecule has 150 valence electrons. The predicted octanol–water partition coefficient (Wildman–Crippen LogP) is 3.68. The maximum absolute atomic E-state index is 5.49. The Balaban J connectivity index is 2.30. The van der Waals surface area contributed by atoms with Crippen LogP contribution < -0.4 is 23.7 Å². The minimum Gasteiger partial charge on any atom is -0.495 e. The van der Waals surface area contributed by atoms with Crippen molar-refractivity contribution in [2.24, 2.45) is 0 Å². The smallest absolute Gasteiger partial charge is 0.257 e. The maximum Gasteiger partial charge on any atom is 0.257 e. The van der Waals surface area contributed by atoms with Crippen molar-refractivity contribution in [1.82, 2.24) is 15.0 Å². The molecule has 0 spiro atoms. The molecule has 8 heteroatoms. The van der Waals surface area contributed by atoms with E-state index in [4.69, 9.17) is 38.6 Å². The predicted molar refractivity (Wildman–Crippen MR) is 110 cm³/mol. The number of fused-ring (bicyclic) bond motifs is 6. The first-order chi connectivity index (χ1) is 14.1. The van der Waals surface area contributed by atoms with E-state index in [2.05, 4.69) is 0 Å². The highest BCUT2D eigenvalue weighted by atomic mass is 16.5. The van der Waals surface area contributed by atoms with Gasteiger partial charge in [0.05, 0.1) is 57.8 Å². The second kappa shape index (κ2) is 7.12. The first kappa shape index (κ1) is 18.8. The van der Waals surface area contributed by atoms with Crippen LogP contribution in [0.5, 0.6) is 29.0 Å². The van der Waals surface area contributed by atoms with Gasteiger partial charge in [0, 0.05) is 16.2 Å². The molecule has 0 aliphatic rings. The van der Waals surface area contributed by atoms with Crippen LogP contribution in [-0.2, 0) is 0 Å². The Morgan fingerprint density at radius 3 is 1.28 bits per heavy atom. The summed E-state index contributed by atoms with van der Waals surface area (Å²) >= 11 is 0.